The minimum Gasteiger partial charge on any atom is -0.309 e. The normalized spacial score (nSPS) is 15.0. The summed E-state index contributed by atoms with van der Waals surface area (Å²) in [5.41, 5.74) is 6.34. The molecule has 1 unspecified atom stereocenters. The number of hydrazine groups is 1. The van der Waals surface area contributed by atoms with Gasteiger partial charge in [-0.3, -0.25) is 19.9 Å². The highest BCUT2D eigenvalue weighted by Crippen LogP contribution is 2.43. The van der Waals surface area contributed by atoms with Crippen molar-refractivity contribution >= 4 is 27.7 Å². The first-order valence-electron chi connectivity index (χ1n) is 14.9. The third kappa shape index (κ3) is 10.9. The van der Waals surface area contributed by atoms with Crippen molar-refractivity contribution in [1.29, 1.82) is 0 Å². The van der Waals surface area contributed by atoms with E-state index in [-0.39, 0.29) is 37.0 Å². The second-order valence-electron chi connectivity index (χ2n) is 12.2. The van der Waals surface area contributed by atoms with Crippen molar-refractivity contribution in [1.82, 2.24) is 15.8 Å². The minimum atomic E-state index is -4.04. The van der Waals surface area contributed by atoms with Gasteiger partial charge in [0.25, 0.3) is 0 Å². The summed E-state index contributed by atoms with van der Waals surface area (Å²) >= 11 is 0. The summed E-state index contributed by atoms with van der Waals surface area (Å²) in [7, 11) is -0.274. The number of nitrogens with zero attached hydrogens (tertiary/aromatic N) is 1. The van der Waals surface area contributed by atoms with Gasteiger partial charge in [0.15, 0.2) is 9.84 Å². The molecule has 2 amide bonds. The maximum absolute atomic E-state index is 14.7. The Balaban J connectivity index is 2.78. The van der Waals surface area contributed by atoms with E-state index in [2.05, 4.69) is 10.9 Å². The molecule has 0 radical (unpaired) electrons. The van der Waals surface area contributed by atoms with E-state index in [9.17, 15) is 18.0 Å². The summed E-state index contributed by atoms with van der Waals surface area (Å²) in [5, 5.41) is 0. The zero-order valence-corrected chi connectivity index (χ0v) is 27.3. The van der Waals surface area contributed by atoms with Crippen molar-refractivity contribution in [3.05, 3.63) is 77.9 Å². The molecule has 0 bridgehead atoms. The molecular formula is C33H50N4O5S. The summed E-state index contributed by atoms with van der Waals surface area (Å²) in [6.07, 6.45) is 4.09. The zero-order chi connectivity index (χ0) is 32.0. The lowest BCUT2D eigenvalue weighted by Crippen LogP contribution is -2.58. The highest BCUT2D eigenvalue weighted by molar-refractivity contribution is 7.93. The standard InChI is InChI=1S/C33H50N4O5S/c1-25(2)22-29(31(38)35-34)30(32(39)36-42-24-28-16-11-8-12-17-28)33(23-26(3)4,19-18-27-14-9-7-10-15-27)43(40,41)21-13-20-37(5)6/h7-12,14-19,25-26,29-30H,13,20-24,34H2,1-6H3,(H,35,38)(H,36,39)/b19-18+/t29-,30+,33?/m1/s1. The van der Waals surface area contributed by atoms with Gasteiger partial charge < -0.3 is 4.90 Å². The van der Waals surface area contributed by atoms with Gasteiger partial charge in [-0.25, -0.2) is 19.7 Å². The van der Waals surface area contributed by atoms with Crippen molar-refractivity contribution in [2.75, 3.05) is 26.4 Å². The molecule has 2 rings (SSSR count). The first-order chi connectivity index (χ1) is 20.3. The van der Waals surface area contributed by atoms with Gasteiger partial charge in [0, 0.05) is 0 Å². The van der Waals surface area contributed by atoms with Crippen LogP contribution in [-0.2, 0) is 30.9 Å². The molecule has 2 aromatic carbocycles. The van der Waals surface area contributed by atoms with Crippen LogP contribution >= 0.6 is 0 Å². The molecule has 0 fully saturated rings. The molecule has 0 aliphatic carbocycles. The lowest BCUT2D eigenvalue weighted by Gasteiger charge is -2.42. The van der Waals surface area contributed by atoms with E-state index in [0.717, 1.165) is 11.1 Å². The molecule has 4 N–H and O–H groups in total. The van der Waals surface area contributed by atoms with Gasteiger partial charge in [-0.05, 0) is 62.9 Å². The van der Waals surface area contributed by atoms with Gasteiger partial charge in [-0.1, -0.05) is 101 Å². The van der Waals surface area contributed by atoms with Gasteiger partial charge >= 0.3 is 0 Å². The molecule has 0 spiro atoms. The fraction of sp³-hybridized carbons (Fsp3) is 0.515. The third-order valence-electron chi connectivity index (χ3n) is 7.35. The first-order valence-corrected chi connectivity index (χ1v) is 16.6. The molecule has 238 valence electrons. The van der Waals surface area contributed by atoms with E-state index in [1.54, 1.807) is 12.2 Å². The highest BCUT2D eigenvalue weighted by atomic mass is 32.2. The Morgan fingerprint density at radius 2 is 1.56 bits per heavy atom. The molecule has 3 atom stereocenters. The van der Waals surface area contributed by atoms with E-state index >= 15 is 0 Å². The molecule has 0 aromatic heterocycles. The first kappa shape index (κ1) is 36.1. The van der Waals surface area contributed by atoms with Crippen LogP contribution in [0.25, 0.3) is 6.08 Å². The third-order valence-corrected chi connectivity index (χ3v) is 9.89. The maximum atomic E-state index is 14.7. The molecule has 10 heteroatoms. The second-order valence-corrected chi connectivity index (χ2v) is 14.6. The number of nitrogens with two attached hydrogens (primary N) is 1. The fourth-order valence-electron chi connectivity index (χ4n) is 5.51. The number of rotatable bonds is 18. The van der Waals surface area contributed by atoms with Crippen LogP contribution < -0.4 is 16.7 Å². The molecule has 0 saturated carbocycles. The number of amides is 2. The number of nitrogens with one attached hydrogen (secondary N) is 2. The summed E-state index contributed by atoms with van der Waals surface area (Å²) in [6.45, 7) is 8.31. The van der Waals surface area contributed by atoms with Gasteiger partial charge in [0.2, 0.25) is 11.8 Å². The second kappa shape index (κ2) is 17.3. The smallest absolute Gasteiger partial charge is 0.249 e. The van der Waals surface area contributed by atoms with E-state index in [1.807, 2.05) is 107 Å². The zero-order valence-electron chi connectivity index (χ0n) is 26.5. The maximum Gasteiger partial charge on any atom is 0.249 e. The van der Waals surface area contributed by atoms with Crippen LogP contribution in [0.1, 0.15) is 58.1 Å². The van der Waals surface area contributed by atoms with Crippen molar-refractivity contribution in [2.24, 2.45) is 29.5 Å². The highest BCUT2D eigenvalue weighted by Gasteiger charge is 2.55. The SMILES string of the molecule is CC(C)C[C@@H](C(=O)NN)[C@@H](C(=O)NOCc1ccccc1)C(/C=C/c1ccccc1)(CC(C)C)S(=O)(=O)CCCN(C)C. The number of carbonyl (C=O) groups is 2. The van der Waals surface area contributed by atoms with Gasteiger partial charge in [-0.15, -0.1) is 0 Å². The predicted molar refractivity (Wildman–Crippen MR) is 173 cm³/mol. The van der Waals surface area contributed by atoms with E-state index in [4.69, 9.17) is 10.7 Å². The Labute approximate surface area is 258 Å². The summed E-state index contributed by atoms with van der Waals surface area (Å²) < 4.78 is 27.6. The molecule has 9 nitrogen and oxygen atoms in total. The summed E-state index contributed by atoms with van der Waals surface area (Å²) in [4.78, 5) is 35.3. The number of hydrogen-bond donors (Lipinski definition) is 3. The van der Waals surface area contributed by atoms with E-state index in [1.165, 1.54) is 0 Å². The molecule has 43 heavy (non-hydrogen) atoms. The Kier molecular flexibility index (Phi) is 14.5. The van der Waals surface area contributed by atoms with Crippen LogP contribution in [0.15, 0.2) is 66.7 Å². The molecule has 0 aliphatic heterocycles. The average Bonchev–Trinajstić information content (AvgIpc) is 2.95. The number of hydroxylamine groups is 1. The number of carbonyl (C=O) groups excluding carboxylic acids is 2. The van der Waals surface area contributed by atoms with Crippen LogP contribution in [-0.4, -0.2) is 56.3 Å². The molecular weight excluding hydrogens is 564 g/mol. The lowest BCUT2D eigenvalue weighted by atomic mass is 9.72. The lowest BCUT2D eigenvalue weighted by molar-refractivity contribution is -0.146. The predicted octanol–water partition coefficient (Wildman–Crippen LogP) is 4.37. The Bertz CT molecular complexity index is 1270. The van der Waals surface area contributed by atoms with Crippen LogP contribution in [0.4, 0.5) is 0 Å². The van der Waals surface area contributed by atoms with Crippen molar-refractivity contribution in [2.45, 2.75) is 58.3 Å². The van der Waals surface area contributed by atoms with E-state index < -0.39 is 38.2 Å². The Hall–Kier alpha value is -3.05. The Morgan fingerprint density at radius 3 is 2.09 bits per heavy atom. The molecule has 0 saturated heterocycles. The summed E-state index contributed by atoms with van der Waals surface area (Å²) in [5.74, 6) is 1.67. The molecule has 0 heterocycles. The van der Waals surface area contributed by atoms with Gasteiger partial charge in [0.05, 0.1) is 24.2 Å². The topological polar surface area (TPSA) is 131 Å². The van der Waals surface area contributed by atoms with Crippen LogP contribution in [0, 0.1) is 23.7 Å². The van der Waals surface area contributed by atoms with Crippen LogP contribution in [0.2, 0.25) is 0 Å². The van der Waals surface area contributed by atoms with Crippen molar-refractivity contribution < 1.29 is 22.8 Å². The van der Waals surface area contributed by atoms with Gasteiger partial charge in [0.1, 0.15) is 4.75 Å². The van der Waals surface area contributed by atoms with Gasteiger partial charge in [-0.2, -0.15) is 0 Å². The van der Waals surface area contributed by atoms with Crippen LogP contribution in [0.5, 0.6) is 0 Å². The quantitative estimate of drug-likeness (QED) is 0.129. The van der Waals surface area contributed by atoms with Crippen LogP contribution in [0.3, 0.4) is 0 Å². The Morgan fingerprint density at radius 1 is 0.953 bits per heavy atom. The fourth-order valence-corrected chi connectivity index (χ4v) is 7.92. The minimum absolute atomic E-state index is 0.0332. The largest absolute Gasteiger partial charge is 0.309 e. The molecule has 0 aliphatic rings. The number of hydrogen-bond acceptors (Lipinski definition) is 7. The monoisotopic (exact) mass is 614 g/mol. The van der Waals surface area contributed by atoms with E-state index in [0.29, 0.717) is 13.0 Å². The van der Waals surface area contributed by atoms with Crippen molar-refractivity contribution in [3.8, 4) is 0 Å². The average molecular weight is 615 g/mol. The molecule has 2 aromatic rings. The summed E-state index contributed by atoms with van der Waals surface area (Å²) in [6, 6.07) is 18.6. The number of sulfone groups is 1. The number of benzene rings is 2. The van der Waals surface area contributed by atoms with Crippen molar-refractivity contribution in [3.63, 3.8) is 0 Å².